The Bertz CT molecular complexity index is 800. The molecule has 150 valence electrons. The van der Waals surface area contributed by atoms with Gasteiger partial charge in [-0.25, -0.2) is 0 Å². The first kappa shape index (κ1) is 21.1. The average Bonchev–Trinajstić information content (AvgIpc) is 2.63. The second kappa shape index (κ2) is 10.2. The van der Waals surface area contributed by atoms with Crippen molar-refractivity contribution in [3.63, 3.8) is 0 Å². The number of methoxy groups -OCH3 is 1. The maximum Gasteiger partial charge on any atom is 0.387 e. The van der Waals surface area contributed by atoms with Gasteiger partial charge in [0.05, 0.1) is 19.8 Å². The van der Waals surface area contributed by atoms with Crippen LogP contribution in [0.25, 0.3) is 0 Å². The second-order valence-electron chi connectivity index (χ2n) is 6.01. The molecule has 1 unspecified atom stereocenters. The van der Waals surface area contributed by atoms with E-state index < -0.39 is 12.5 Å². The van der Waals surface area contributed by atoms with E-state index in [1.165, 1.54) is 18.2 Å². The van der Waals surface area contributed by atoms with Crippen molar-refractivity contribution >= 4 is 23.2 Å². The highest BCUT2D eigenvalue weighted by atomic mass is 19.3. The largest absolute Gasteiger partial charge is 0.497 e. The summed E-state index contributed by atoms with van der Waals surface area (Å²) in [5.41, 5.74) is 0.754. The highest BCUT2D eigenvalue weighted by molar-refractivity contribution is 5.94. The minimum Gasteiger partial charge on any atom is -0.497 e. The van der Waals surface area contributed by atoms with Crippen molar-refractivity contribution in [2.75, 3.05) is 37.9 Å². The topological polar surface area (TPSA) is 81.1 Å². The van der Waals surface area contributed by atoms with Gasteiger partial charge in [-0.2, -0.15) is 8.78 Å². The molecule has 7 nitrogen and oxygen atoms in total. The summed E-state index contributed by atoms with van der Waals surface area (Å²) in [7, 11) is 3.23. The molecule has 2 rings (SSSR count). The third-order valence-electron chi connectivity index (χ3n) is 3.68. The zero-order valence-electron chi connectivity index (χ0n) is 15.5. The molecule has 0 aliphatic carbocycles. The van der Waals surface area contributed by atoms with Crippen LogP contribution in [0.4, 0.5) is 20.2 Å². The summed E-state index contributed by atoms with van der Waals surface area (Å²) in [4.78, 5) is 24.9. The SMILES string of the molecule is COc1ccc(NC(=O)C[NH+](C)CC(=O)Nc2ccccc2OC(F)F)cc1. The van der Waals surface area contributed by atoms with Crippen LogP contribution in [0.15, 0.2) is 48.5 Å². The third-order valence-corrected chi connectivity index (χ3v) is 3.68. The zero-order chi connectivity index (χ0) is 20.5. The van der Waals surface area contributed by atoms with Crippen LogP contribution in [-0.2, 0) is 9.59 Å². The van der Waals surface area contributed by atoms with E-state index in [0.29, 0.717) is 16.3 Å². The Morgan fingerprint density at radius 2 is 1.61 bits per heavy atom. The first-order chi connectivity index (χ1) is 13.4. The molecule has 9 heteroatoms. The number of benzene rings is 2. The van der Waals surface area contributed by atoms with E-state index in [9.17, 15) is 18.4 Å². The maximum atomic E-state index is 12.4. The summed E-state index contributed by atoms with van der Waals surface area (Å²) in [6, 6.07) is 12.8. The number of halogens is 2. The van der Waals surface area contributed by atoms with E-state index in [1.807, 2.05) is 0 Å². The molecule has 0 bridgehead atoms. The fourth-order valence-electron chi connectivity index (χ4n) is 2.45. The molecular weight excluding hydrogens is 372 g/mol. The van der Waals surface area contributed by atoms with Crippen molar-refractivity contribution < 1.29 is 32.7 Å². The van der Waals surface area contributed by atoms with Crippen LogP contribution in [-0.4, -0.2) is 45.7 Å². The van der Waals surface area contributed by atoms with Gasteiger partial charge in [0.2, 0.25) is 0 Å². The molecule has 1 atom stereocenters. The molecule has 0 aliphatic rings. The van der Waals surface area contributed by atoms with Gasteiger partial charge in [0.25, 0.3) is 11.8 Å². The molecule has 3 N–H and O–H groups in total. The van der Waals surface area contributed by atoms with E-state index in [-0.39, 0.29) is 30.4 Å². The van der Waals surface area contributed by atoms with Crippen molar-refractivity contribution in [3.05, 3.63) is 48.5 Å². The number of amides is 2. The molecule has 0 spiro atoms. The van der Waals surface area contributed by atoms with Gasteiger partial charge in [-0.1, -0.05) is 12.1 Å². The van der Waals surface area contributed by atoms with Gasteiger partial charge in [-0.05, 0) is 36.4 Å². The summed E-state index contributed by atoms with van der Waals surface area (Å²) in [5.74, 6) is -0.147. The van der Waals surface area contributed by atoms with Crippen LogP contribution in [0.5, 0.6) is 11.5 Å². The second-order valence-corrected chi connectivity index (χ2v) is 6.01. The van der Waals surface area contributed by atoms with Crippen molar-refractivity contribution in [2.45, 2.75) is 6.61 Å². The molecule has 0 saturated heterocycles. The number of rotatable bonds is 9. The van der Waals surface area contributed by atoms with Gasteiger partial charge in [-0.15, -0.1) is 0 Å². The van der Waals surface area contributed by atoms with Gasteiger partial charge in [-0.3, -0.25) is 9.59 Å². The fraction of sp³-hybridized carbons (Fsp3) is 0.263. The summed E-state index contributed by atoms with van der Waals surface area (Å²) in [6.07, 6.45) is 0. The lowest BCUT2D eigenvalue weighted by atomic mass is 10.3. The lowest BCUT2D eigenvalue weighted by Gasteiger charge is -2.15. The quantitative estimate of drug-likeness (QED) is 0.601. The lowest BCUT2D eigenvalue weighted by Crippen LogP contribution is -3.11. The molecule has 0 heterocycles. The highest BCUT2D eigenvalue weighted by Gasteiger charge is 2.17. The van der Waals surface area contributed by atoms with E-state index in [1.54, 1.807) is 44.5 Å². The van der Waals surface area contributed by atoms with Crippen LogP contribution >= 0.6 is 0 Å². The van der Waals surface area contributed by atoms with Gasteiger partial charge in [0.15, 0.2) is 13.1 Å². The number of hydrogen-bond acceptors (Lipinski definition) is 4. The normalized spacial score (nSPS) is 11.6. The van der Waals surface area contributed by atoms with Crippen molar-refractivity contribution in [2.24, 2.45) is 0 Å². The van der Waals surface area contributed by atoms with E-state index in [4.69, 9.17) is 4.74 Å². The molecule has 0 aliphatic heterocycles. The summed E-state index contributed by atoms with van der Waals surface area (Å²) < 4.78 is 34.3. The molecule has 2 amide bonds. The molecule has 0 fully saturated rings. The molecule has 2 aromatic carbocycles. The smallest absolute Gasteiger partial charge is 0.387 e. The molecule has 28 heavy (non-hydrogen) atoms. The Kier molecular flexibility index (Phi) is 7.70. The fourth-order valence-corrected chi connectivity index (χ4v) is 2.45. The van der Waals surface area contributed by atoms with E-state index in [0.717, 1.165) is 0 Å². The number of ether oxygens (including phenoxy) is 2. The van der Waals surface area contributed by atoms with E-state index >= 15 is 0 Å². The van der Waals surface area contributed by atoms with E-state index in [2.05, 4.69) is 15.4 Å². The number of quaternary nitrogens is 1. The van der Waals surface area contributed by atoms with Crippen molar-refractivity contribution in [1.29, 1.82) is 0 Å². The Morgan fingerprint density at radius 3 is 2.21 bits per heavy atom. The number of alkyl halides is 2. The summed E-state index contributed by atoms with van der Waals surface area (Å²) in [6.45, 7) is -2.97. The number of carbonyl (C=O) groups excluding carboxylic acids is 2. The Balaban J connectivity index is 1.84. The van der Waals surface area contributed by atoms with Gasteiger partial charge < -0.3 is 25.0 Å². The maximum absolute atomic E-state index is 12.4. The number of anilines is 2. The van der Waals surface area contributed by atoms with Crippen LogP contribution in [0.2, 0.25) is 0 Å². The summed E-state index contributed by atoms with van der Waals surface area (Å²) in [5, 5.41) is 5.25. The Morgan fingerprint density at radius 1 is 1.00 bits per heavy atom. The number of para-hydroxylation sites is 2. The number of nitrogens with one attached hydrogen (secondary N) is 3. The highest BCUT2D eigenvalue weighted by Crippen LogP contribution is 2.25. The summed E-state index contributed by atoms with van der Waals surface area (Å²) >= 11 is 0. The standard InChI is InChI=1S/C19H21F2N3O4/c1-24(11-17(25)22-13-7-9-14(27-2)10-8-13)12-18(26)23-15-5-3-4-6-16(15)28-19(20)21/h3-10,19H,11-12H2,1-2H3,(H,22,25)(H,23,26)/p+1. The molecule has 0 aromatic heterocycles. The third kappa shape index (κ3) is 6.84. The van der Waals surface area contributed by atoms with Crippen LogP contribution < -0.4 is 25.0 Å². The Hall–Kier alpha value is -3.20. The lowest BCUT2D eigenvalue weighted by molar-refractivity contribution is -0.862. The molecular formula is C19H22F2N3O4+. The monoisotopic (exact) mass is 394 g/mol. The first-order valence-corrected chi connectivity index (χ1v) is 8.46. The predicted molar refractivity (Wildman–Crippen MR) is 99.9 cm³/mol. The van der Waals surface area contributed by atoms with Crippen LogP contribution in [0, 0.1) is 0 Å². The minimum atomic E-state index is -2.99. The predicted octanol–water partition coefficient (Wildman–Crippen LogP) is 1.39. The van der Waals surface area contributed by atoms with Gasteiger partial charge in [0.1, 0.15) is 11.5 Å². The Labute approximate surface area is 161 Å². The van der Waals surface area contributed by atoms with Gasteiger partial charge >= 0.3 is 6.61 Å². The van der Waals surface area contributed by atoms with Gasteiger partial charge in [0, 0.05) is 5.69 Å². The van der Waals surface area contributed by atoms with Crippen LogP contribution in [0.1, 0.15) is 0 Å². The number of hydrogen-bond donors (Lipinski definition) is 3. The van der Waals surface area contributed by atoms with Crippen molar-refractivity contribution in [1.82, 2.24) is 0 Å². The molecule has 0 saturated carbocycles. The number of carbonyl (C=O) groups is 2. The molecule has 0 radical (unpaired) electrons. The van der Waals surface area contributed by atoms with Crippen LogP contribution in [0.3, 0.4) is 0 Å². The molecule has 2 aromatic rings. The number of likely N-dealkylation sites (N-methyl/N-ethyl adjacent to an activating group) is 1. The van der Waals surface area contributed by atoms with Crippen molar-refractivity contribution in [3.8, 4) is 11.5 Å². The average molecular weight is 394 g/mol. The minimum absolute atomic E-state index is 0.0287. The first-order valence-electron chi connectivity index (χ1n) is 8.46. The zero-order valence-corrected chi connectivity index (χ0v) is 15.5.